The minimum atomic E-state index is -0.239. The quantitative estimate of drug-likeness (QED) is 0.708. The molecule has 0 aliphatic carbocycles. The van der Waals surface area contributed by atoms with E-state index in [9.17, 15) is 9.59 Å². The fraction of sp³-hybridized carbons (Fsp3) is 0.385. The van der Waals surface area contributed by atoms with Gasteiger partial charge in [0.15, 0.2) is 0 Å². The molecule has 0 radical (unpaired) electrons. The van der Waals surface area contributed by atoms with Crippen LogP contribution >= 0.6 is 11.6 Å². The number of rotatable bonds is 7. The molecular formula is C13H18ClN3O2. The van der Waals surface area contributed by atoms with Crippen LogP contribution in [0.3, 0.4) is 0 Å². The Bertz CT molecular complexity index is 438. The van der Waals surface area contributed by atoms with Gasteiger partial charge in [0.05, 0.1) is 23.8 Å². The Morgan fingerprint density at radius 2 is 1.84 bits per heavy atom. The Morgan fingerprint density at radius 3 is 2.53 bits per heavy atom. The highest BCUT2D eigenvalue weighted by atomic mass is 35.5. The Balaban J connectivity index is 2.25. The number of para-hydroxylation sites is 1. The number of halogens is 1. The molecule has 6 heteroatoms. The molecule has 1 aromatic carbocycles. The first-order chi connectivity index (χ1) is 9.13. The van der Waals surface area contributed by atoms with Crippen molar-refractivity contribution in [3.05, 3.63) is 29.3 Å². The van der Waals surface area contributed by atoms with E-state index in [-0.39, 0.29) is 24.9 Å². The summed E-state index contributed by atoms with van der Waals surface area (Å²) in [5.41, 5.74) is 0.561. The Kier molecular flexibility index (Phi) is 6.92. The van der Waals surface area contributed by atoms with Crippen molar-refractivity contribution in [3.63, 3.8) is 0 Å². The number of nitrogens with one attached hydrogen (secondary N) is 3. The molecule has 0 aliphatic rings. The standard InChI is InChI=1S/C13H18ClN3O2/c1-2-7-16-12(18)8-15-9-13(19)17-11-6-4-3-5-10(11)14/h3-6,15H,2,7-9H2,1H3,(H,16,18)(H,17,19). The summed E-state index contributed by atoms with van der Waals surface area (Å²) in [5.74, 6) is -0.358. The van der Waals surface area contributed by atoms with Gasteiger partial charge in [-0.2, -0.15) is 0 Å². The summed E-state index contributed by atoms with van der Waals surface area (Å²) >= 11 is 5.91. The Morgan fingerprint density at radius 1 is 1.16 bits per heavy atom. The zero-order valence-electron chi connectivity index (χ0n) is 10.8. The normalized spacial score (nSPS) is 10.0. The molecule has 0 aromatic heterocycles. The van der Waals surface area contributed by atoms with E-state index in [1.807, 2.05) is 6.92 Å². The molecule has 0 saturated heterocycles. The highest BCUT2D eigenvalue weighted by Gasteiger charge is 2.06. The van der Waals surface area contributed by atoms with Crippen molar-refractivity contribution in [2.75, 3.05) is 25.0 Å². The third-order valence-corrected chi connectivity index (χ3v) is 2.62. The summed E-state index contributed by atoms with van der Waals surface area (Å²) in [7, 11) is 0. The van der Waals surface area contributed by atoms with Crippen LogP contribution < -0.4 is 16.0 Å². The van der Waals surface area contributed by atoms with Gasteiger partial charge in [-0.1, -0.05) is 30.7 Å². The third-order valence-electron chi connectivity index (χ3n) is 2.29. The molecule has 0 aliphatic heterocycles. The minimum absolute atomic E-state index is 0.0603. The van der Waals surface area contributed by atoms with E-state index in [0.717, 1.165) is 6.42 Å². The van der Waals surface area contributed by atoms with Gasteiger partial charge < -0.3 is 10.6 Å². The van der Waals surface area contributed by atoms with E-state index in [0.29, 0.717) is 17.3 Å². The Hall–Kier alpha value is -1.59. The lowest BCUT2D eigenvalue weighted by Crippen LogP contribution is -2.37. The number of carbonyl (C=O) groups is 2. The van der Waals surface area contributed by atoms with Gasteiger partial charge in [-0.15, -0.1) is 0 Å². The van der Waals surface area contributed by atoms with Gasteiger partial charge in [0.1, 0.15) is 0 Å². The second-order valence-electron chi connectivity index (χ2n) is 3.98. The van der Waals surface area contributed by atoms with Crippen molar-refractivity contribution >= 4 is 29.1 Å². The summed E-state index contributed by atoms with van der Waals surface area (Å²) in [5, 5.41) is 8.62. The van der Waals surface area contributed by atoms with Crippen LogP contribution in [0.4, 0.5) is 5.69 Å². The monoisotopic (exact) mass is 283 g/mol. The maximum atomic E-state index is 11.6. The van der Waals surface area contributed by atoms with Gasteiger partial charge in [0, 0.05) is 6.54 Å². The zero-order valence-corrected chi connectivity index (χ0v) is 11.6. The zero-order chi connectivity index (χ0) is 14.1. The van der Waals surface area contributed by atoms with Crippen LogP contribution in [0.15, 0.2) is 24.3 Å². The molecule has 0 fully saturated rings. The van der Waals surface area contributed by atoms with E-state index < -0.39 is 0 Å². The molecule has 19 heavy (non-hydrogen) atoms. The molecule has 1 rings (SSSR count). The van der Waals surface area contributed by atoms with Crippen LogP contribution in [-0.4, -0.2) is 31.4 Å². The van der Waals surface area contributed by atoms with Gasteiger partial charge in [-0.3, -0.25) is 14.9 Å². The van der Waals surface area contributed by atoms with Crippen LogP contribution in [-0.2, 0) is 9.59 Å². The van der Waals surface area contributed by atoms with Gasteiger partial charge in [-0.05, 0) is 18.6 Å². The smallest absolute Gasteiger partial charge is 0.238 e. The van der Waals surface area contributed by atoms with Gasteiger partial charge in [-0.25, -0.2) is 0 Å². The first kappa shape index (κ1) is 15.5. The van der Waals surface area contributed by atoms with Crippen molar-refractivity contribution < 1.29 is 9.59 Å². The number of benzene rings is 1. The third kappa shape index (κ3) is 6.22. The summed E-state index contributed by atoms with van der Waals surface area (Å²) < 4.78 is 0. The fourth-order valence-corrected chi connectivity index (χ4v) is 1.56. The van der Waals surface area contributed by atoms with Gasteiger partial charge in [0.25, 0.3) is 0 Å². The minimum Gasteiger partial charge on any atom is -0.355 e. The molecule has 5 nitrogen and oxygen atoms in total. The van der Waals surface area contributed by atoms with E-state index >= 15 is 0 Å². The van der Waals surface area contributed by atoms with Crippen molar-refractivity contribution in [1.82, 2.24) is 10.6 Å². The topological polar surface area (TPSA) is 70.2 Å². The number of anilines is 1. The van der Waals surface area contributed by atoms with Crippen LogP contribution in [0.1, 0.15) is 13.3 Å². The van der Waals surface area contributed by atoms with Crippen LogP contribution in [0.5, 0.6) is 0 Å². The number of hydrogen-bond donors (Lipinski definition) is 3. The van der Waals surface area contributed by atoms with Crippen molar-refractivity contribution in [1.29, 1.82) is 0 Å². The first-order valence-electron chi connectivity index (χ1n) is 6.15. The summed E-state index contributed by atoms with van der Waals surface area (Å²) in [4.78, 5) is 22.9. The molecule has 2 amide bonds. The number of carbonyl (C=O) groups excluding carboxylic acids is 2. The highest BCUT2D eigenvalue weighted by molar-refractivity contribution is 6.33. The lowest BCUT2D eigenvalue weighted by atomic mass is 10.3. The molecule has 0 unspecified atom stereocenters. The first-order valence-corrected chi connectivity index (χ1v) is 6.53. The predicted octanol–water partition coefficient (Wildman–Crippen LogP) is 1.39. The van der Waals surface area contributed by atoms with E-state index in [1.54, 1.807) is 24.3 Å². The second-order valence-corrected chi connectivity index (χ2v) is 4.39. The SMILES string of the molecule is CCCNC(=O)CNCC(=O)Nc1ccccc1Cl. The molecule has 104 valence electrons. The van der Waals surface area contributed by atoms with Crippen molar-refractivity contribution in [3.8, 4) is 0 Å². The molecule has 1 aromatic rings. The van der Waals surface area contributed by atoms with Gasteiger partial charge in [0.2, 0.25) is 11.8 Å². The second kappa shape index (κ2) is 8.50. The van der Waals surface area contributed by atoms with E-state index in [2.05, 4.69) is 16.0 Å². The average Bonchev–Trinajstić information content (AvgIpc) is 2.39. The molecule has 3 N–H and O–H groups in total. The average molecular weight is 284 g/mol. The van der Waals surface area contributed by atoms with Gasteiger partial charge >= 0.3 is 0 Å². The lowest BCUT2D eigenvalue weighted by molar-refractivity contribution is -0.120. The van der Waals surface area contributed by atoms with Crippen LogP contribution in [0.2, 0.25) is 5.02 Å². The molecule has 0 spiro atoms. The molecule has 0 bridgehead atoms. The predicted molar refractivity (Wildman–Crippen MR) is 76.3 cm³/mol. The largest absolute Gasteiger partial charge is 0.355 e. The molecule has 0 atom stereocenters. The molecule has 0 saturated carbocycles. The Labute approximate surface area is 117 Å². The van der Waals surface area contributed by atoms with E-state index in [1.165, 1.54) is 0 Å². The van der Waals surface area contributed by atoms with E-state index in [4.69, 9.17) is 11.6 Å². The molecular weight excluding hydrogens is 266 g/mol. The lowest BCUT2D eigenvalue weighted by Gasteiger charge is -2.08. The summed E-state index contributed by atoms with van der Waals surface area (Å²) in [6.45, 7) is 2.80. The van der Waals surface area contributed by atoms with Crippen LogP contribution in [0, 0.1) is 0 Å². The van der Waals surface area contributed by atoms with Crippen LogP contribution in [0.25, 0.3) is 0 Å². The maximum Gasteiger partial charge on any atom is 0.238 e. The fourth-order valence-electron chi connectivity index (χ4n) is 1.37. The number of hydrogen-bond acceptors (Lipinski definition) is 3. The van der Waals surface area contributed by atoms with Crippen molar-refractivity contribution in [2.24, 2.45) is 0 Å². The highest BCUT2D eigenvalue weighted by Crippen LogP contribution is 2.19. The number of amides is 2. The summed E-state index contributed by atoms with van der Waals surface area (Å²) in [6, 6.07) is 6.98. The maximum absolute atomic E-state index is 11.6. The molecule has 0 heterocycles. The van der Waals surface area contributed by atoms with Crippen molar-refractivity contribution in [2.45, 2.75) is 13.3 Å². The summed E-state index contributed by atoms with van der Waals surface area (Å²) in [6.07, 6.45) is 0.888.